The molecule has 0 saturated heterocycles. The minimum absolute atomic E-state index is 0.0446. The predicted molar refractivity (Wildman–Crippen MR) is 49.2 cm³/mol. The number of nitrogens with two attached hydrogens (primary N) is 1. The number of aliphatic hydroxyl groups is 1. The summed E-state index contributed by atoms with van der Waals surface area (Å²) >= 11 is 0. The van der Waals surface area contributed by atoms with Crippen LogP contribution in [0.5, 0.6) is 0 Å². The summed E-state index contributed by atoms with van der Waals surface area (Å²) < 4.78 is 1.43. The van der Waals surface area contributed by atoms with E-state index in [4.69, 9.17) is 10.8 Å². The van der Waals surface area contributed by atoms with Gasteiger partial charge < -0.3 is 10.8 Å². The van der Waals surface area contributed by atoms with Gasteiger partial charge in [-0.1, -0.05) is 6.92 Å². The molecular weight excluding hydrogens is 170 g/mol. The number of aliphatic hydroxyl groups excluding tert-OH is 1. The van der Waals surface area contributed by atoms with Crippen LogP contribution in [0.3, 0.4) is 0 Å². The molecule has 0 spiro atoms. The van der Waals surface area contributed by atoms with E-state index in [9.17, 15) is 4.79 Å². The molecule has 3 N–H and O–H groups in total. The highest BCUT2D eigenvalue weighted by Gasteiger charge is 2.03. The average Bonchev–Trinajstić information content (AvgIpc) is 2.09. The average molecular weight is 183 g/mol. The fraction of sp³-hybridized carbons (Fsp3) is 0.500. The molecule has 0 radical (unpaired) electrons. The number of hydrogen-bond donors (Lipinski definition) is 2. The number of nitrogen functional groups attached to an aromatic ring is 1. The molecule has 0 aliphatic carbocycles. The van der Waals surface area contributed by atoms with Gasteiger partial charge in [0.1, 0.15) is 5.82 Å². The largest absolute Gasteiger partial charge is 0.396 e. The van der Waals surface area contributed by atoms with Crippen molar-refractivity contribution in [3.05, 3.63) is 22.7 Å². The first-order valence-corrected chi connectivity index (χ1v) is 4.07. The SMILES string of the molecule is CC(CO)Cn1ccc(N)nc1=O. The first-order chi connectivity index (χ1) is 6.13. The lowest BCUT2D eigenvalue weighted by molar-refractivity contribution is 0.221. The predicted octanol–water partition coefficient (Wildman–Crippen LogP) is -0.546. The van der Waals surface area contributed by atoms with Gasteiger partial charge in [-0.15, -0.1) is 0 Å². The fourth-order valence-corrected chi connectivity index (χ4v) is 0.974. The van der Waals surface area contributed by atoms with E-state index in [1.54, 1.807) is 12.3 Å². The van der Waals surface area contributed by atoms with E-state index in [1.165, 1.54) is 4.57 Å². The summed E-state index contributed by atoms with van der Waals surface area (Å²) in [5.74, 6) is 0.265. The first kappa shape index (κ1) is 9.73. The summed E-state index contributed by atoms with van der Waals surface area (Å²) in [5.41, 5.74) is 4.94. The Kier molecular flexibility index (Phi) is 3.02. The Labute approximate surface area is 75.8 Å². The summed E-state index contributed by atoms with van der Waals surface area (Å²) in [6.45, 7) is 2.36. The summed E-state index contributed by atoms with van der Waals surface area (Å²) in [5, 5.41) is 8.78. The van der Waals surface area contributed by atoms with Gasteiger partial charge in [-0.2, -0.15) is 4.98 Å². The fourth-order valence-electron chi connectivity index (χ4n) is 0.974. The molecule has 0 bridgehead atoms. The Morgan fingerprint density at radius 3 is 3.00 bits per heavy atom. The van der Waals surface area contributed by atoms with E-state index >= 15 is 0 Å². The van der Waals surface area contributed by atoms with Crippen molar-refractivity contribution in [2.24, 2.45) is 5.92 Å². The van der Waals surface area contributed by atoms with Crippen LogP contribution in [0.15, 0.2) is 17.1 Å². The van der Waals surface area contributed by atoms with E-state index in [2.05, 4.69) is 4.98 Å². The van der Waals surface area contributed by atoms with E-state index in [-0.39, 0.29) is 24.0 Å². The molecular formula is C8H13N3O2. The zero-order valence-corrected chi connectivity index (χ0v) is 7.47. The summed E-state index contributed by atoms with van der Waals surface area (Å²) in [4.78, 5) is 14.7. The third kappa shape index (κ3) is 2.55. The number of hydrogen-bond acceptors (Lipinski definition) is 4. The van der Waals surface area contributed by atoms with E-state index in [0.29, 0.717) is 6.54 Å². The topological polar surface area (TPSA) is 81.1 Å². The number of anilines is 1. The van der Waals surface area contributed by atoms with Crippen molar-refractivity contribution in [1.82, 2.24) is 9.55 Å². The van der Waals surface area contributed by atoms with Crippen LogP contribution in [0.25, 0.3) is 0 Å². The van der Waals surface area contributed by atoms with Crippen LogP contribution in [0, 0.1) is 5.92 Å². The van der Waals surface area contributed by atoms with Crippen molar-refractivity contribution in [2.45, 2.75) is 13.5 Å². The van der Waals surface area contributed by atoms with Gasteiger partial charge in [-0.05, 0) is 12.0 Å². The van der Waals surface area contributed by atoms with Crippen LogP contribution in [-0.4, -0.2) is 21.3 Å². The smallest absolute Gasteiger partial charge is 0.349 e. The molecule has 5 heteroatoms. The quantitative estimate of drug-likeness (QED) is 0.659. The van der Waals surface area contributed by atoms with Crippen molar-refractivity contribution in [3.8, 4) is 0 Å². The molecule has 0 saturated carbocycles. The second-order valence-corrected chi connectivity index (χ2v) is 3.08. The summed E-state index contributed by atoms with van der Waals surface area (Å²) in [6, 6.07) is 1.56. The number of nitrogens with zero attached hydrogens (tertiary/aromatic N) is 2. The van der Waals surface area contributed by atoms with Crippen molar-refractivity contribution >= 4 is 5.82 Å². The molecule has 1 atom stereocenters. The van der Waals surface area contributed by atoms with Crippen LogP contribution in [0.1, 0.15) is 6.92 Å². The Morgan fingerprint density at radius 1 is 1.77 bits per heavy atom. The van der Waals surface area contributed by atoms with E-state index < -0.39 is 0 Å². The molecule has 1 unspecified atom stereocenters. The van der Waals surface area contributed by atoms with Crippen molar-refractivity contribution in [1.29, 1.82) is 0 Å². The second-order valence-electron chi connectivity index (χ2n) is 3.08. The molecule has 72 valence electrons. The second kappa shape index (κ2) is 4.04. The number of aromatic nitrogens is 2. The van der Waals surface area contributed by atoms with Gasteiger partial charge in [0.2, 0.25) is 0 Å². The summed E-state index contributed by atoms with van der Waals surface area (Å²) in [7, 11) is 0. The van der Waals surface area contributed by atoms with Gasteiger partial charge in [-0.25, -0.2) is 4.79 Å². The Morgan fingerprint density at radius 2 is 2.46 bits per heavy atom. The highest BCUT2D eigenvalue weighted by atomic mass is 16.3. The lowest BCUT2D eigenvalue weighted by Gasteiger charge is -2.09. The maximum Gasteiger partial charge on any atom is 0.349 e. The standard InChI is InChI=1S/C8H13N3O2/c1-6(5-12)4-11-3-2-7(9)10-8(11)13/h2-3,6,12H,4-5H2,1H3,(H2,9,10,13). The lowest BCUT2D eigenvalue weighted by Crippen LogP contribution is -2.26. The van der Waals surface area contributed by atoms with Crippen molar-refractivity contribution < 1.29 is 5.11 Å². The zero-order valence-electron chi connectivity index (χ0n) is 7.47. The third-order valence-corrected chi connectivity index (χ3v) is 1.72. The van der Waals surface area contributed by atoms with Crippen LogP contribution >= 0.6 is 0 Å². The molecule has 0 aromatic carbocycles. The van der Waals surface area contributed by atoms with Gasteiger partial charge in [0.25, 0.3) is 0 Å². The van der Waals surface area contributed by atoms with Crippen LogP contribution < -0.4 is 11.4 Å². The maximum atomic E-state index is 11.2. The van der Waals surface area contributed by atoms with Crippen molar-refractivity contribution in [2.75, 3.05) is 12.3 Å². The molecule has 1 aromatic rings. The highest BCUT2D eigenvalue weighted by Crippen LogP contribution is 1.97. The first-order valence-electron chi connectivity index (χ1n) is 4.07. The Balaban J connectivity index is 2.84. The van der Waals surface area contributed by atoms with E-state index in [0.717, 1.165) is 0 Å². The van der Waals surface area contributed by atoms with Gasteiger partial charge in [0.15, 0.2) is 0 Å². The zero-order chi connectivity index (χ0) is 9.84. The minimum Gasteiger partial charge on any atom is -0.396 e. The van der Waals surface area contributed by atoms with Gasteiger partial charge >= 0.3 is 5.69 Å². The molecule has 1 rings (SSSR count). The van der Waals surface area contributed by atoms with Gasteiger partial charge in [-0.3, -0.25) is 4.57 Å². The molecule has 13 heavy (non-hydrogen) atoms. The van der Waals surface area contributed by atoms with Crippen molar-refractivity contribution in [3.63, 3.8) is 0 Å². The molecule has 0 aliphatic heterocycles. The summed E-state index contributed by atoms with van der Waals surface area (Å²) in [6.07, 6.45) is 1.58. The molecule has 1 heterocycles. The maximum absolute atomic E-state index is 11.2. The molecule has 0 amide bonds. The van der Waals surface area contributed by atoms with Crippen LogP contribution in [0.4, 0.5) is 5.82 Å². The Bertz CT molecular complexity index is 334. The van der Waals surface area contributed by atoms with Crippen LogP contribution in [-0.2, 0) is 6.54 Å². The van der Waals surface area contributed by atoms with Gasteiger partial charge in [0, 0.05) is 19.3 Å². The minimum atomic E-state index is -0.375. The monoisotopic (exact) mass is 183 g/mol. The highest BCUT2D eigenvalue weighted by molar-refractivity contribution is 5.23. The van der Waals surface area contributed by atoms with E-state index in [1.807, 2.05) is 6.92 Å². The van der Waals surface area contributed by atoms with Crippen LogP contribution in [0.2, 0.25) is 0 Å². The molecule has 0 fully saturated rings. The lowest BCUT2D eigenvalue weighted by atomic mass is 10.2. The molecule has 5 nitrogen and oxygen atoms in total. The molecule has 1 aromatic heterocycles. The normalized spacial score (nSPS) is 12.8. The molecule has 0 aliphatic rings. The Hall–Kier alpha value is -1.36. The number of rotatable bonds is 3. The van der Waals surface area contributed by atoms with Gasteiger partial charge in [0.05, 0.1) is 0 Å². The third-order valence-electron chi connectivity index (χ3n) is 1.72.